The molecule has 144 valence electrons. The number of nitrogens with one attached hydrogen (secondary N) is 1. The summed E-state index contributed by atoms with van der Waals surface area (Å²) in [5.74, 6) is -0.0411. The number of rotatable bonds is 6. The number of hydrogen-bond donors (Lipinski definition) is 1. The van der Waals surface area contributed by atoms with Crippen LogP contribution in [0.15, 0.2) is 70.4 Å². The maximum atomic E-state index is 12.6. The molecule has 0 unspecified atom stereocenters. The van der Waals surface area contributed by atoms with Gasteiger partial charge in [0.05, 0.1) is 18.7 Å². The highest BCUT2D eigenvalue weighted by atomic mass is 35.5. The molecule has 1 aromatic heterocycles. The van der Waals surface area contributed by atoms with Gasteiger partial charge in [0, 0.05) is 18.0 Å². The van der Waals surface area contributed by atoms with Gasteiger partial charge in [-0.2, -0.15) is 0 Å². The minimum atomic E-state index is -0.556. The van der Waals surface area contributed by atoms with Crippen molar-refractivity contribution in [2.45, 2.75) is 13.1 Å². The number of hydrogen-bond acceptors (Lipinski definition) is 4. The average Bonchev–Trinajstić information content (AvgIpc) is 2.68. The summed E-state index contributed by atoms with van der Waals surface area (Å²) in [5, 5.41) is 2.95. The molecule has 3 aromatic rings. The van der Waals surface area contributed by atoms with Gasteiger partial charge in [-0.3, -0.25) is 18.7 Å². The number of anilines is 1. The van der Waals surface area contributed by atoms with Crippen LogP contribution in [-0.4, -0.2) is 22.2 Å². The van der Waals surface area contributed by atoms with Crippen molar-refractivity contribution in [3.63, 3.8) is 0 Å². The van der Waals surface area contributed by atoms with Crippen molar-refractivity contribution in [3.05, 3.63) is 92.2 Å². The van der Waals surface area contributed by atoms with Crippen LogP contribution in [0.5, 0.6) is 5.75 Å². The number of halogens is 1. The molecule has 0 saturated carbocycles. The van der Waals surface area contributed by atoms with Crippen LogP contribution in [0.3, 0.4) is 0 Å². The Balaban J connectivity index is 1.79. The van der Waals surface area contributed by atoms with Crippen molar-refractivity contribution in [3.8, 4) is 5.75 Å². The zero-order valence-corrected chi connectivity index (χ0v) is 15.8. The second kappa shape index (κ2) is 8.58. The van der Waals surface area contributed by atoms with Gasteiger partial charge in [0.1, 0.15) is 12.3 Å². The first-order chi connectivity index (χ1) is 13.5. The molecular weight excluding hydrogens is 382 g/mol. The lowest BCUT2D eigenvalue weighted by Crippen LogP contribution is -2.41. The summed E-state index contributed by atoms with van der Waals surface area (Å²) in [6.45, 7) is -0.105. The Morgan fingerprint density at radius 2 is 1.86 bits per heavy atom. The summed E-state index contributed by atoms with van der Waals surface area (Å²) in [5.41, 5.74) is 0.244. The van der Waals surface area contributed by atoms with Gasteiger partial charge in [0.2, 0.25) is 5.91 Å². The van der Waals surface area contributed by atoms with Crippen molar-refractivity contribution in [1.29, 1.82) is 0 Å². The van der Waals surface area contributed by atoms with Crippen LogP contribution in [0.2, 0.25) is 5.02 Å². The number of aromatic nitrogens is 2. The number of amides is 1. The largest absolute Gasteiger partial charge is 0.495 e. The number of carbonyl (C=O) groups excluding carboxylic acids is 1. The van der Waals surface area contributed by atoms with Crippen LogP contribution in [0, 0.1) is 0 Å². The molecule has 28 heavy (non-hydrogen) atoms. The first-order valence-electron chi connectivity index (χ1n) is 8.45. The second-order valence-corrected chi connectivity index (χ2v) is 6.44. The zero-order chi connectivity index (χ0) is 20.1. The van der Waals surface area contributed by atoms with Gasteiger partial charge < -0.3 is 10.1 Å². The van der Waals surface area contributed by atoms with E-state index in [0.717, 1.165) is 10.1 Å². The molecule has 0 radical (unpaired) electrons. The summed E-state index contributed by atoms with van der Waals surface area (Å²) in [6, 6.07) is 15.4. The first kappa shape index (κ1) is 19.4. The van der Waals surface area contributed by atoms with E-state index in [1.807, 2.05) is 30.3 Å². The summed E-state index contributed by atoms with van der Waals surface area (Å²) < 4.78 is 7.34. The lowest BCUT2D eigenvalue weighted by Gasteiger charge is -2.11. The summed E-state index contributed by atoms with van der Waals surface area (Å²) in [7, 11) is 1.49. The standard InChI is InChI=1S/C20H18ClN3O4/c1-28-17-8-7-15(11-16(17)21)22-18(25)13-24-19(26)9-10-23(20(24)27)12-14-5-3-2-4-6-14/h2-11H,12-13H2,1H3,(H,22,25). The molecule has 0 aliphatic carbocycles. The third-order valence-electron chi connectivity index (χ3n) is 4.07. The molecule has 0 spiro atoms. The van der Waals surface area contributed by atoms with Crippen molar-refractivity contribution in [2.75, 3.05) is 12.4 Å². The van der Waals surface area contributed by atoms with Crippen LogP contribution in [0.1, 0.15) is 5.56 Å². The van der Waals surface area contributed by atoms with Crippen molar-refractivity contribution in [2.24, 2.45) is 0 Å². The van der Waals surface area contributed by atoms with E-state index in [0.29, 0.717) is 23.0 Å². The second-order valence-electron chi connectivity index (χ2n) is 6.03. The molecule has 0 aliphatic rings. The molecule has 1 N–H and O–H groups in total. The highest BCUT2D eigenvalue weighted by Gasteiger charge is 2.11. The molecule has 0 atom stereocenters. The third-order valence-corrected chi connectivity index (χ3v) is 4.37. The van der Waals surface area contributed by atoms with Gasteiger partial charge >= 0.3 is 5.69 Å². The molecular formula is C20H18ClN3O4. The van der Waals surface area contributed by atoms with E-state index >= 15 is 0 Å². The lowest BCUT2D eigenvalue weighted by atomic mass is 10.2. The molecule has 2 aromatic carbocycles. The first-order valence-corrected chi connectivity index (χ1v) is 8.83. The van der Waals surface area contributed by atoms with Crippen LogP contribution < -0.4 is 21.3 Å². The predicted molar refractivity (Wildman–Crippen MR) is 107 cm³/mol. The van der Waals surface area contributed by atoms with Crippen molar-refractivity contribution >= 4 is 23.2 Å². The molecule has 3 rings (SSSR count). The summed E-state index contributed by atoms with van der Waals surface area (Å²) >= 11 is 6.04. The molecule has 0 aliphatic heterocycles. The lowest BCUT2D eigenvalue weighted by molar-refractivity contribution is -0.116. The van der Waals surface area contributed by atoms with Gasteiger partial charge in [0.15, 0.2) is 0 Å². The number of nitrogens with zero attached hydrogens (tertiary/aromatic N) is 2. The highest BCUT2D eigenvalue weighted by molar-refractivity contribution is 6.32. The number of benzene rings is 2. The minimum absolute atomic E-state index is 0.301. The summed E-state index contributed by atoms with van der Waals surface area (Å²) in [6.07, 6.45) is 1.43. The Kier molecular flexibility index (Phi) is 5.96. The Hall–Kier alpha value is -3.32. The van der Waals surface area contributed by atoms with Crippen molar-refractivity contribution < 1.29 is 9.53 Å². The highest BCUT2D eigenvalue weighted by Crippen LogP contribution is 2.27. The third kappa shape index (κ3) is 4.50. The SMILES string of the molecule is COc1ccc(NC(=O)Cn2c(=O)ccn(Cc3ccccc3)c2=O)cc1Cl. The average molecular weight is 400 g/mol. The van der Waals surface area contributed by atoms with E-state index in [1.54, 1.807) is 12.1 Å². The maximum Gasteiger partial charge on any atom is 0.331 e. The Morgan fingerprint density at radius 3 is 2.54 bits per heavy atom. The maximum absolute atomic E-state index is 12.6. The number of ether oxygens (including phenoxy) is 1. The number of carbonyl (C=O) groups is 1. The van der Waals surface area contributed by atoms with E-state index in [-0.39, 0.29) is 0 Å². The molecule has 1 amide bonds. The minimum Gasteiger partial charge on any atom is -0.495 e. The zero-order valence-electron chi connectivity index (χ0n) is 15.1. The summed E-state index contributed by atoms with van der Waals surface area (Å²) in [4.78, 5) is 37.1. The quantitative estimate of drug-likeness (QED) is 0.689. The van der Waals surface area contributed by atoms with Crippen LogP contribution in [-0.2, 0) is 17.9 Å². The van der Waals surface area contributed by atoms with E-state index < -0.39 is 23.7 Å². The molecule has 1 heterocycles. The van der Waals surface area contributed by atoms with E-state index in [9.17, 15) is 14.4 Å². The van der Waals surface area contributed by atoms with E-state index in [1.165, 1.54) is 30.0 Å². The fourth-order valence-electron chi connectivity index (χ4n) is 2.69. The smallest absolute Gasteiger partial charge is 0.331 e. The Bertz CT molecular complexity index is 1110. The normalized spacial score (nSPS) is 10.5. The van der Waals surface area contributed by atoms with E-state index in [4.69, 9.17) is 16.3 Å². The monoisotopic (exact) mass is 399 g/mol. The fourth-order valence-corrected chi connectivity index (χ4v) is 2.95. The fraction of sp³-hybridized carbons (Fsp3) is 0.150. The Labute approximate surface area is 165 Å². The molecule has 8 heteroatoms. The van der Waals surface area contributed by atoms with Crippen molar-refractivity contribution in [1.82, 2.24) is 9.13 Å². The van der Waals surface area contributed by atoms with Gasteiger partial charge in [-0.1, -0.05) is 41.9 Å². The molecule has 0 fully saturated rings. The molecule has 0 saturated heterocycles. The van der Waals surface area contributed by atoms with Gasteiger partial charge in [-0.15, -0.1) is 0 Å². The topological polar surface area (TPSA) is 82.3 Å². The van der Waals surface area contributed by atoms with Crippen LogP contribution in [0.25, 0.3) is 0 Å². The van der Waals surface area contributed by atoms with E-state index in [2.05, 4.69) is 5.32 Å². The van der Waals surface area contributed by atoms with Crippen LogP contribution >= 0.6 is 11.6 Å². The van der Waals surface area contributed by atoms with Gasteiger partial charge in [0.25, 0.3) is 5.56 Å². The predicted octanol–water partition coefficient (Wildman–Crippen LogP) is 2.36. The van der Waals surface area contributed by atoms with Crippen LogP contribution in [0.4, 0.5) is 5.69 Å². The van der Waals surface area contributed by atoms with Gasteiger partial charge in [-0.25, -0.2) is 4.79 Å². The number of methoxy groups -OCH3 is 1. The molecule has 0 bridgehead atoms. The molecule has 7 nitrogen and oxygen atoms in total. The Morgan fingerprint density at radius 1 is 1.11 bits per heavy atom. The van der Waals surface area contributed by atoms with Gasteiger partial charge in [-0.05, 0) is 23.8 Å².